The molecular weight excluding hydrogens is 369 g/mol. The van der Waals surface area contributed by atoms with Crippen molar-refractivity contribution in [2.75, 3.05) is 6.54 Å². The third kappa shape index (κ3) is 2.67. The van der Waals surface area contributed by atoms with Crippen LogP contribution in [0.3, 0.4) is 0 Å². The maximum absolute atomic E-state index is 3.89. The summed E-state index contributed by atoms with van der Waals surface area (Å²) in [4.78, 5) is 0. The van der Waals surface area contributed by atoms with Crippen molar-refractivity contribution in [3.8, 4) is 0 Å². The third-order valence-corrected chi connectivity index (χ3v) is 7.00. The predicted octanol–water partition coefficient (Wildman–Crippen LogP) is 4.49. The first-order chi connectivity index (χ1) is 10.3. The van der Waals surface area contributed by atoms with Crippen LogP contribution in [0.5, 0.6) is 0 Å². The highest BCUT2D eigenvalue weighted by Gasteiger charge is 2.66. The van der Waals surface area contributed by atoms with E-state index in [1.54, 1.807) is 6.42 Å². The lowest BCUT2D eigenvalue weighted by Crippen LogP contribution is -2.35. The second kappa shape index (κ2) is 5.84. The van der Waals surface area contributed by atoms with Gasteiger partial charge in [0.15, 0.2) is 0 Å². The van der Waals surface area contributed by atoms with Crippen molar-refractivity contribution in [1.82, 2.24) is 5.32 Å². The summed E-state index contributed by atoms with van der Waals surface area (Å²) in [6.07, 6.45) is 7.11. The minimum Gasteiger partial charge on any atom is -0.313 e. The topological polar surface area (TPSA) is 12.0 Å². The van der Waals surface area contributed by atoms with Crippen molar-refractivity contribution in [3.63, 3.8) is 0 Å². The van der Waals surface area contributed by atoms with Gasteiger partial charge in [0.2, 0.25) is 0 Å². The van der Waals surface area contributed by atoms with Gasteiger partial charge in [0, 0.05) is 9.61 Å². The molecule has 1 aromatic carbocycles. The molecule has 21 heavy (non-hydrogen) atoms. The van der Waals surface area contributed by atoms with E-state index in [0.717, 1.165) is 35.6 Å². The first-order valence-electron chi connectivity index (χ1n) is 8.75. The molecule has 5 atom stereocenters. The molecule has 3 aliphatic carbocycles. The van der Waals surface area contributed by atoms with Crippen LogP contribution in [-0.2, 0) is 6.42 Å². The Morgan fingerprint density at radius 1 is 1.14 bits per heavy atom. The summed E-state index contributed by atoms with van der Waals surface area (Å²) < 4.78 is 1.34. The summed E-state index contributed by atoms with van der Waals surface area (Å²) in [7, 11) is 0. The van der Waals surface area contributed by atoms with Crippen LogP contribution in [0, 0.1) is 33.2 Å². The molecule has 0 heterocycles. The molecule has 0 saturated heterocycles. The zero-order valence-electron chi connectivity index (χ0n) is 12.9. The highest BCUT2D eigenvalue weighted by atomic mass is 127. The smallest absolute Gasteiger partial charge is 0.0141 e. The van der Waals surface area contributed by atoms with Gasteiger partial charge in [0.25, 0.3) is 0 Å². The molecule has 1 N–H and O–H groups in total. The lowest BCUT2D eigenvalue weighted by atomic mass is 9.93. The van der Waals surface area contributed by atoms with E-state index in [-0.39, 0.29) is 0 Å². The first-order valence-corrected chi connectivity index (χ1v) is 9.83. The average molecular weight is 395 g/mol. The van der Waals surface area contributed by atoms with Gasteiger partial charge in [-0.2, -0.15) is 0 Å². The van der Waals surface area contributed by atoms with Gasteiger partial charge >= 0.3 is 0 Å². The highest BCUT2D eigenvalue weighted by molar-refractivity contribution is 14.1. The molecule has 2 heteroatoms. The fourth-order valence-corrected chi connectivity index (χ4v) is 5.84. The van der Waals surface area contributed by atoms with E-state index in [0.29, 0.717) is 0 Å². The second-order valence-electron chi connectivity index (χ2n) is 7.46. The molecule has 0 amide bonds. The molecule has 0 aliphatic heterocycles. The van der Waals surface area contributed by atoms with Crippen molar-refractivity contribution in [2.45, 2.75) is 45.1 Å². The molecule has 4 rings (SSSR count). The Balaban J connectivity index is 1.46. The van der Waals surface area contributed by atoms with Crippen LogP contribution < -0.4 is 5.32 Å². The largest absolute Gasteiger partial charge is 0.313 e. The van der Waals surface area contributed by atoms with Crippen LogP contribution in [0.4, 0.5) is 0 Å². The van der Waals surface area contributed by atoms with Crippen LogP contribution in [0.1, 0.15) is 38.2 Å². The molecule has 3 fully saturated rings. The van der Waals surface area contributed by atoms with E-state index >= 15 is 0 Å². The number of hydrogen-bond acceptors (Lipinski definition) is 1. The van der Waals surface area contributed by atoms with E-state index in [1.807, 2.05) is 0 Å². The van der Waals surface area contributed by atoms with E-state index in [9.17, 15) is 0 Å². The Hall–Kier alpha value is -0.0900. The number of fused-ring (bicyclic) bond motifs is 5. The van der Waals surface area contributed by atoms with Gasteiger partial charge < -0.3 is 5.32 Å². The fourth-order valence-electron chi connectivity index (χ4n) is 5.48. The number of benzene rings is 1. The van der Waals surface area contributed by atoms with E-state index in [4.69, 9.17) is 0 Å². The van der Waals surface area contributed by atoms with Crippen LogP contribution in [0.25, 0.3) is 0 Å². The normalized spacial score (nSPS) is 37.5. The van der Waals surface area contributed by atoms with Crippen molar-refractivity contribution >= 4 is 22.6 Å². The van der Waals surface area contributed by atoms with Gasteiger partial charge in [0.1, 0.15) is 0 Å². The number of rotatable bonds is 6. The summed E-state index contributed by atoms with van der Waals surface area (Å²) in [5.74, 6) is 5.34. The lowest BCUT2D eigenvalue weighted by molar-refractivity contribution is 0.361. The van der Waals surface area contributed by atoms with Crippen LogP contribution in [0.2, 0.25) is 0 Å². The number of halogens is 1. The molecule has 1 aromatic rings. The van der Waals surface area contributed by atoms with Crippen LogP contribution in [0.15, 0.2) is 24.3 Å². The monoisotopic (exact) mass is 395 g/mol. The average Bonchev–Trinajstić information content (AvgIpc) is 2.92. The van der Waals surface area contributed by atoms with E-state index < -0.39 is 0 Å². The molecular formula is C19H26IN. The van der Waals surface area contributed by atoms with Gasteiger partial charge in [-0.15, -0.1) is 0 Å². The molecule has 0 aromatic heterocycles. The summed E-state index contributed by atoms with van der Waals surface area (Å²) in [6.45, 7) is 3.46. The molecule has 5 unspecified atom stereocenters. The Bertz CT molecular complexity index is 481. The number of nitrogens with one attached hydrogen (secondary N) is 1. The van der Waals surface area contributed by atoms with E-state index in [2.05, 4.69) is 59.1 Å². The zero-order chi connectivity index (χ0) is 14.4. The summed E-state index contributed by atoms with van der Waals surface area (Å²) in [6, 6.07) is 9.89. The number of hydrogen-bond donors (Lipinski definition) is 1. The SMILES string of the molecule is CCCNC(Cc1ccc(I)cc1)C1C2C3CCC(C3)C21. The molecule has 114 valence electrons. The molecule has 2 bridgehead atoms. The quantitative estimate of drug-likeness (QED) is 0.700. The zero-order valence-corrected chi connectivity index (χ0v) is 15.1. The van der Waals surface area contributed by atoms with Gasteiger partial charge in [0.05, 0.1) is 0 Å². The minimum absolute atomic E-state index is 0.725. The van der Waals surface area contributed by atoms with Crippen molar-refractivity contribution < 1.29 is 0 Å². The molecule has 3 saturated carbocycles. The fraction of sp³-hybridized carbons (Fsp3) is 0.684. The lowest BCUT2D eigenvalue weighted by Gasteiger charge is -2.22. The minimum atomic E-state index is 0.725. The second-order valence-corrected chi connectivity index (χ2v) is 8.70. The Kier molecular flexibility index (Phi) is 4.03. The summed E-state index contributed by atoms with van der Waals surface area (Å²) >= 11 is 2.40. The van der Waals surface area contributed by atoms with E-state index in [1.165, 1.54) is 41.4 Å². The van der Waals surface area contributed by atoms with Crippen LogP contribution >= 0.6 is 22.6 Å². The maximum atomic E-state index is 3.89. The maximum Gasteiger partial charge on any atom is 0.0141 e. The molecule has 3 aliphatic rings. The molecule has 0 spiro atoms. The van der Waals surface area contributed by atoms with Crippen molar-refractivity contribution in [1.29, 1.82) is 0 Å². The Labute approximate surface area is 142 Å². The standard InChI is InChI=1S/C19H26IN/c1-2-9-21-16(10-12-3-7-15(20)8-4-12)19-17-13-5-6-14(11-13)18(17)19/h3-4,7-8,13-14,16-19,21H,2,5-6,9-11H2,1H3. The Morgan fingerprint density at radius 2 is 1.81 bits per heavy atom. The third-order valence-electron chi connectivity index (χ3n) is 6.28. The predicted molar refractivity (Wildman–Crippen MR) is 96.2 cm³/mol. The Morgan fingerprint density at radius 3 is 2.43 bits per heavy atom. The van der Waals surface area contributed by atoms with Gasteiger partial charge in [-0.1, -0.05) is 19.1 Å². The van der Waals surface area contributed by atoms with Crippen molar-refractivity contribution in [3.05, 3.63) is 33.4 Å². The summed E-state index contributed by atoms with van der Waals surface area (Å²) in [5.41, 5.74) is 1.52. The van der Waals surface area contributed by atoms with Gasteiger partial charge in [-0.25, -0.2) is 0 Å². The first kappa shape index (κ1) is 14.5. The van der Waals surface area contributed by atoms with Gasteiger partial charge in [-0.05, 0) is 109 Å². The molecule has 1 nitrogen and oxygen atoms in total. The highest BCUT2D eigenvalue weighted by Crippen LogP contribution is 2.70. The molecule has 0 radical (unpaired) electrons. The summed E-state index contributed by atoms with van der Waals surface area (Å²) in [5, 5.41) is 3.89. The van der Waals surface area contributed by atoms with Gasteiger partial charge in [-0.3, -0.25) is 0 Å². The van der Waals surface area contributed by atoms with Crippen LogP contribution in [-0.4, -0.2) is 12.6 Å². The van der Waals surface area contributed by atoms with Crippen molar-refractivity contribution in [2.24, 2.45) is 29.6 Å².